The van der Waals surface area contributed by atoms with Gasteiger partial charge >= 0.3 is 0 Å². The van der Waals surface area contributed by atoms with E-state index in [2.05, 4.69) is 6.92 Å². The molecule has 7 heteroatoms. The Labute approximate surface area is 101 Å². The molecule has 0 N–H and O–H groups in total. The Balaban J connectivity index is -0.000000249. The van der Waals surface area contributed by atoms with Crippen molar-refractivity contribution in [2.75, 3.05) is 0 Å². The molecule has 0 aliphatic rings. The number of carboxylic acids is 1. The van der Waals surface area contributed by atoms with Gasteiger partial charge in [0.2, 0.25) is 0 Å². The van der Waals surface area contributed by atoms with E-state index in [1.807, 2.05) is 6.92 Å². The van der Waals surface area contributed by atoms with Gasteiger partial charge < -0.3 is 25.0 Å². The van der Waals surface area contributed by atoms with Gasteiger partial charge in [-0.3, -0.25) is 7.32 Å². The summed E-state index contributed by atoms with van der Waals surface area (Å²) in [6.07, 6.45) is 3.52. The number of rotatable bonds is 5. The number of hydrogen-bond acceptors (Lipinski definition) is 5. The number of unbranched alkanes of at least 4 members (excludes halogenated alkanes) is 1. The molecule has 0 fully saturated rings. The van der Waals surface area contributed by atoms with E-state index in [1.54, 1.807) is 0 Å². The van der Waals surface area contributed by atoms with E-state index in [4.69, 9.17) is 15.1 Å². The van der Waals surface area contributed by atoms with Crippen LogP contribution < -0.4 is 20.2 Å². The summed E-state index contributed by atoms with van der Waals surface area (Å²) >= 11 is 0. The molecule has 0 spiro atoms. The second-order valence-corrected chi connectivity index (χ2v) is 2.86. The third-order valence-corrected chi connectivity index (χ3v) is 1.73. The van der Waals surface area contributed by atoms with Crippen molar-refractivity contribution in [3.05, 3.63) is 0 Å². The SMILES string of the molecule is CCCCC(CC)C(=O)[O-].[Ni].[O-]B([O-])[O-]. The van der Waals surface area contributed by atoms with Crippen molar-refractivity contribution in [1.82, 2.24) is 0 Å². The molecule has 0 aromatic heterocycles. The van der Waals surface area contributed by atoms with E-state index in [1.165, 1.54) is 0 Å². The minimum atomic E-state index is -2.92. The van der Waals surface area contributed by atoms with Gasteiger partial charge in [0.05, 0.1) is 0 Å². The van der Waals surface area contributed by atoms with Crippen LogP contribution >= 0.6 is 0 Å². The number of carboxylic acid groups (broad SMARTS) is 1. The van der Waals surface area contributed by atoms with Crippen molar-refractivity contribution in [1.29, 1.82) is 0 Å². The fourth-order valence-corrected chi connectivity index (χ4v) is 0.939. The number of carbonyl (C=O) groups excluding carboxylic acids is 1. The first-order chi connectivity index (χ1) is 6.45. The van der Waals surface area contributed by atoms with Crippen LogP contribution in [-0.4, -0.2) is 13.3 Å². The molecule has 1 unspecified atom stereocenters. The Kier molecular flexibility index (Phi) is 18.9. The Morgan fingerprint density at radius 1 is 1.27 bits per heavy atom. The zero-order valence-electron chi connectivity index (χ0n) is 8.84. The average Bonchev–Trinajstić information content (AvgIpc) is 2.04. The molecule has 0 bridgehead atoms. The molecule has 15 heavy (non-hydrogen) atoms. The summed E-state index contributed by atoms with van der Waals surface area (Å²) < 4.78 is 0. The van der Waals surface area contributed by atoms with E-state index in [9.17, 15) is 9.90 Å². The van der Waals surface area contributed by atoms with Crippen molar-refractivity contribution in [2.45, 2.75) is 39.5 Å². The standard InChI is InChI=1S/C8H16O2.BO3.Ni/c1-3-5-6-7(4-2)8(9)10;2-1(3)4;/h7H,3-6H2,1-2H3,(H,9,10);;/q;-3;/p-1. The van der Waals surface area contributed by atoms with Gasteiger partial charge in [0.1, 0.15) is 0 Å². The van der Waals surface area contributed by atoms with Crippen LogP contribution in [0.3, 0.4) is 0 Å². The Morgan fingerprint density at radius 2 is 1.67 bits per heavy atom. The first kappa shape index (κ1) is 20.3. The maximum absolute atomic E-state index is 10.3. The number of aliphatic carboxylic acids is 1. The fraction of sp³-hybridized carbons (Fsp3) is 0.875. The number of carbonyl (C=O) groups is 1. The summed E-state index contributed by atoms with van der Waals surface area (Å²) in [5.41, 5.74) is 0. The molecular formula is C8H15BNiO5-4. The quantitative estimate of drug-likeness (QED) is 0.490. The fourth-order valence-electron chi connectivity index (χ4n) is 0.939. The first-order valence-electron chi connectivity index (χ1n) is 4.63. The molecule has 0 aliphatic heterocycles. The third-order valence-electron chi connectivity index (χ3n) is 1.73. The van der Waals surface area contributed by atoms with Crippen molar-refractivity contribution in [3.8, 4) is 0 Å². The Bertz CT molecular complexity index is 142. The van der Waals surface area contributed by atoms with Crippen LogP contribution in [0.1, 0.15) is 39.5 Å². The van der Waals surface area contributed by atoms with Crippen molar-refractivity contribution < 1.29 is 41.5 Å². The van der Waals surface area contributed by atoms with Gasteiger partial charge in [-0.05, 0) is 18.8 Å². The molecule has 0 amide bonds. The van der Waals surface area contributed by atoms with E-state index < -0.39 is 13.3 Å². The van der Waals surface area contributed by atoms with Crippen LogP contribution in [0, 0.1) is 5.92 Å². The molecule has 0 aliphatic carbocycles. The van der Waals surface area contributed by atoms with Crippen LogP contribution in [0.4, 0.5) is 0 Å². The zero-order valence-corrected chi connectivity index (χ0v) is 9.83. The molecule has 0 aromatic rings. The summed E-state index contributed by atoms with van der Waals surface area (Å²) in [6, 6.07) is 0. The molecule has 0 radical (unpaired) electrons. The van der Waals surface area contributed by atoms with Gasteiger partial charge in [-0.15, -0.1) is 0 Å². The van der Waals surface area contributed by atoms with Gasteiger partial charge in [0, 0.05) is 22.5 Å². The largest absolute Gasteiger partial charge is 0.907 e. The zero-order chi connectivity index (χ0) is 11.6. The molecule has 1 atom stereocenters. The van der Waals surface area contributed by atoms with Crippen LogP contribution in [0.25, 0.3) is 0 Å². The minimum Gasteiger partial charge on any atom is -0.907 e. The summed E-state index contributed by atoms with van der Waals surface area (Å²) in [7, 11) is -2.92. The van der Waals surface area contributed by atoms with E-state index in [0.29, 0.717) is 6.42 Å². The van der Waals surface area contributed by atoms with Crippen LogP contribution in [-0.2, 0) is 21.3 Å². The molecule has 0 rings (SSSR count). The molecular weight excluding hydrogens is 246 g/mol. The first-order valence-corrected chi connectivity index (χ1v) is 4.63. The summed E-state index contributed by atoms with van der Waals surface area (Å²) in [5, 5.41) is 35.6. The summed E-state index contributed by atoms with van der Waals surface area (Å²) in [4.78, 5) is 10.3. The van der Waals surface area contributed by atoms with Gasteiger partial charge in [-0.25, -0.2) is 0 Å². The van der Waals surface area contributed by atoms with E-state index in [-0.39, 0.29) is 22.4 Å². The molecule has 0 heterocycles. The van der Waals surface area contributed by atoms with Crippen LogP contribution in [0.2, 0.25) is 0 Å². The van der Waals surface area contributed by atoms with Crippen molar-refractivity contribution >= 4 is 13.3 Å². The molecule has 0 aromatic carbocycles. The molecule has 5 nitrogen and oxygen atoms in total. The Hall–Kier alpha value is -0.0916. The summed E-state index contributed by atoms with van der Waals surface area (Å²) in [5.74, 6) is -1.11. The maximum Gasteiger partial charge on any atom is 0.0445 e. The van der Waals surface area contributed by atoms with Crippen LogP contribution in [0.15, 0.2) is 0 Å². The minimum absolute atomic E-state index is 0. The summed E-state index contributed by atoms with van der Waals surface area (Å²) in [6.45, 7) is 3.94. The number of hydrogen-bond donors (Lipinski definition) is 0. The van der Waals surface area contributed by atoms with Gasteiger partial charge in [-0.2, -0.15) is 0 Å². The van der Waals surface area contributed by atoms with Crippen molar-refractivity contribution in [2.24, 2.45) is 5.92 Å². The second kappa shape index (κ2) is 13.9. The second-order valence-electron chi connectivity index (χ2n) is 2.86. The monoisotopic (exact) mass is 260 g/mol. The molecule has 0 saturated heterocycles. The van der Waals surface area contributed by atoms with E-state index in [0.717, 1.165) is 19.3 Å². The van der Waals surface area contributed by atoms with Gasteiger partial charge in [0.15, 0.2) is 0 Å². The predicted octanol–water partition coefficient (Wildman–Crippen LogP) is -3.00. The smallest absolute Gasteiger partial charge is 0.0445 e. The Morgan fingerprint density at radius 3 is 1.87 bits per heavy atom. The van der Waals surface area contributed by atoms with E-state index >= 15 is 0 Å². The molecule has 94 valence electrons. The molecule has 0 saturated carbocycles. The topological polar surface area (TPSA) is 109 Å². The normalized spacial score (nSPS) is 10.5. The van der Waals surface area contributed by atoms with Gasteiger partial charge in [-0.1, -0.05) is 26.7 Å². The average molecular weight is 261 g/mol. The maximum atomic E-state index is 10.3. The predicted molar refractivity (Wildman–Crippen MR) is 44.1 cm³/mol. The van der Waals surface area contributed by atoms with Crippen LogP contribution in [0.5, 0.6) is 0 Å². The van der Waals surface area contributed by atoms with Crippen molar-refractivity contribution in [3.63, 3.8) is 0 Å². The third kappa shape index (κ3) is 20.1. The van der Waals surface area contributed by atoms with Gasteiger partial charge in [0.25, 0.3) is 0 Å².